The molecule has 0 radical (unpaired) electrons. The first-order valence-electron chi connectivity index (χ1n) is 22.3. The van der Waals surface area contributed by atoms with E-state index in [2.05, 4.69) is 27.7 Å². The zero-order chi connectivity index (χ0) is 40.0. The molecule has 0 aromatic carbocycles. The average molecular weight is 776 g/mol. The van der Waals surface area contributed by atoms with E-state index in [1.165, 1.54) is 25.7 Å². The van der Waals surface area contributed by atoms with Crippen LogP contribution in [0.5, 0.6) is 0 Å². The van der Waals surface area contributed by atoms with Crippen LogP contribution in [-0.2, 0) is 38.1 Å². The summed E-state index contributed by atoms with van der Waals surface area (Å²) in [6, 6.07) is 0. The van der Waals surface area contributed by atoms with Crippen LogP contribution in [0.3, 0.4) is 0 Å². The molecule has 0 spiro atoms. The van der Waals surface area contributed by atoms with Gasteiger partial charge < -0.3 is 36.1 Å². The van der Waals surface area contributed by atoms with E-state index >= 15 is 0 Å². The van der Waals surface area contributed by atoms with Gasteiger partial charge in [-0.3, -0.25) is 19.2 Å². The maximum atomic E-state index is 13.5. The van der Waals surface area contributed by atoms with Gasteiger partial charge in [0.05, 0.1) is 6.61 Å². The van der Waals surface area contributed by atoms with Crippen molar-refractivity contribution in [2.24, 2.45) is 63.5 Å². The van der Waals surface area contributed by atoms with Gasteiger partial charge in [-0.1, -0.05) is 59.8 Å². The molecule has 0 amide bonds. The molecule has 0 aromatic heterocycles. The van der Waals surface area contributed by atoms with Crippen molar-refractivity contribution >= 4 is 23.9 Å². The largest absolute Gasteiger partial charge is 0.466 e. The minimum Gasteiger partial charge on any atom is -0.466 e. The van der Waals surface area contributed by atoms with Crippen molar-refractivity contribution in [3.63, 3.8) is 0 Å². The van der Waals surface area contributed by atoms with E-state index in [0.717, 1.165) is 51.4 Å². The Morgan fingerprint density at radius 2 is 1.29 bits per heavy atom. The van der Waals surface area contributed by atoms with Crippen LogP contribution in [0.15, 0.2) is 0 Å². The van der Waals surface area contributed by atoms with Gasteiger partial charge in [0.25, 0.3) is 0 Å². The Morgan fingerprint density at radius 3 is 1.95 bits per heavy atom. The molecule has 4 aliphatic rings. The van der Waals surface area contributed by atoms with Crippen LogP contribution in [0, 0.1) is 46.3 Å². The molecule has 4 aliphatic carbocycles. The van der Waals surface area contributed by atoms with Crippen LogP contribution >= 0.6 is 0 Å². The van der Waals surface area contributed by atoms with Gasteiger partial charge >= 0.3 is 23.9 Å². The standard InChI is InChI=1S/C44H77N3O8/c1-5-6-7-8-9-10-26-52-38(48)20-17-30(2)33-18-19-34-42-35(29-37(44(33,34)4)55-41(51)16-13-25-47)43(3)22-21-32(53-39(49)14-11-23-45)27-31(43)28-36(42)54-40(50)15-12-24-46/h30-37,42H,5-29,45-47H2,1-4H3/t30?,31-,32+,33?,34-,35-,36+,37-,42-,43-,44+/m0/s1. The highest BCUT2D eigenvalue weighted by Gasteiger charge is 2.67. The molecular weight excluding hydrogens is 698 g/mol. The molecule has 4 fully saturated rings. The lowest BCUT2D eigenvalue weighted by Crippen LogP contribution is -2.63. The maximum absolute atomic E-state index is 13.5. The first kappa shape index (κ1) is 45.5. The van der Waals surface area contributed by atoms with Gasteiger partial charge in [-0.15, -0.1) is 0 Å². The molecule has 0 saturated heterocycles. The average Bonchev–Trinajstić information content (AvgIpc) is 3.52. The minimum absolute atomic E-state index is 0.0995. The van der Waals surface area contributed by atoms with E-state index in [9.17, 15) is 19.2 Å². The van der Waals surface area contributed by atoms with Gasteiger partial charge in [-0.2, -0.15) is 0 Å². The lowest BCUT2D eigenvalue weighted by Gasteiger charge is -2.64. The van der Waals surface area contributed by atoms with Crippen molar-refractivity contribution < 1.29 is 38.1 Å². The Balaban J connectivity index is 1.57. The molecule has 55 heavy (non-hydrogen) atoms. The van der Waals surface area contributed by atoms with Gasteiger partial charge in [-0.05, 0) is 132 Å². The Labute approximate surface area is 332 Å². The second-order valence-corrected chi connectivity index (χ2v) is 18.1. The van der Waals surface area contributed by atoms with Crippen LogP contribution in [0.25, 0.3) is 0 Å². The number of ether oxygens (including phenoxy) is 4. The van der Waals surface area contributed by atoms with Crippen molar-refractivity contribution in [2.45, 2.75) is 181 Å². The number of carbonyl (C=O) groups excluding carboxylic acids is 4. The van der Waals surface area contributed by atoms with Gasteiger partial charge in [0.15, 0.2) is 0 Å². The molecule has 2 unspecified atom stereocenters. The van der Waals surface area contributed by atoms with E-state index in [1.807, 2.05) is 0 Å². The summed E-state index contributed by atoms with van der Waals surface area (Å²) < 4.78 is 24.7. The molecule has 6 N–H and O–H groups in total. The van der Waals surface area contributed by atoms with E-state index in [0.29, 0.717) is 71.2 Å². The topological polar surface area (TPSA) is 183 Å². The zero-order valence-corrected chi connectivity index (χ0v) is 34.9. The van der Waals surface area contributed by atoms with Crippen LogP contribution in [0.1, 0.15) is 163 Å². The second-order valence-electron chi connectivity index (χ2n) is 18.1. The number of unbranched alkanes of at least 4 members (excludes halogenated alkanes) is 5. The summed E-state index contributed by atoms with van der Waals surface area (Å²) in [6.07, 6.45) is 15.6. The summed E-state index contributed by atoms with van der Waals surface area (Å²) in [7, 11) is 0. The SMILES string of the molecule is CCCCCCCCOC(=O)CCC(C)C1CC[C@H]2[C@@H]3[C@H](OC(=O)CCCN)C[C@@H]4C[C@H](OC(=O)CCCN)CC[C@]4(C)[C@H]3C[C@H](OC(=O)CCCN)[C@]12C. The lowest BCUT2D eigenvalue weighted by molar-refractivity contribution is -0.226. The lowest BCUT2D eigenvalue weighted by atomic mass is 9.43. The number of hydrogen-bond acceptors (Lipinski definition) is 11. The van der Waals surface area contributed by atoms with Crippen molar-refractivity contribution in [2.75, 3.05) is 26.2 Å². The Morgan fingerprint density at radius 1 is 0.673 bits per heavy atom. The minimum atomic E-state index is -0.359. The molecule has 4 rings (SSSR count). The third-order valence-corrected chi connectivity index (χ3v) is 14.6. The van der Waals surface area contributed by atoms with Gasteiger partial charge in [0.2, 0.25) is 0 Å². The number of fused-ring (bicyclic) bond motifs is 5. The molecule has 11 nitrogen and oxygen atoms in total. The van der Waals surface area contributed by atoms with Crippen LogP contribution in [-0.4, -0.2) is 68.4 Å². The van der Waals surface area contributed by atoms with Crippen LogP contribution in [0.4, 0.5) is 0 Å². The van der Waals surface area contributed by atoms with Crippen molar-refractivity contribution in [3.8, 4) is 0 Å². The molecule has 11 heteroatoms. The van der Waals surface area contributed by atoms with E-state index in [-0.39, 0.29) is 101 Å². The van der Waals surface area contributed by atoms with Gasteiger partial charge in [-0.25, -0.2) is 0 Å². The highest BCUT2D eigenvalue weighted by atomic mass is 16.6. The summed E-state index contributed by atoms with van der Waals surface area (Å²) in [4.78, 5) is 52.4. The first-order valence-corrected chi connectivity index (χ1v) is 22.3. The molecule has 0 heterocycles. The monoisotopic (exact) mass is 776 g/mol. The Bertz CT molecular complexity index is 1230. The number of rotatable bonds is 23. The highest BCUT2D eigenvalue weighted by molar-refractivity contribution is 5.70. The number of esters is 4. The normalized spacial score (nSPS) is 33.1. The van der Waals surface area contributed by atoms with Crippen molar-refractivity contribution in [3.05, 3.63) is 0 Å². The van der Waals surface area contributed by atoms with E-state index in [4.69, 9.17) is 36.1 Å². The highest BCUT2D eigenvalue weighted by Crippen LogP contribution is 2.69. The molecule has 0 aliphatic heterocycles. The second kappa shape index (κ2) is 22.1. The molecule has 0 aromatic rings. The number of nitrogens with two attached hydrogens (primary N) is 3. The van der Waals surface area contributed by atoms with Crippen LogP contribution in [0.2, 0.25) is 0 Å². The van der Waals surface area contributed by atoms with E-state index < -0.39 is 0 Å². The summed E-state index contributed by atoms with van der Waals surface area (Å²) >= 11 is 0. The van der Waals surface area contributed by atoms with Crippen molar-refractivity contribution in [1.29, 1.82) is 0 Å². The Kier molecular flexibility index (Phi) is 18.2. The van der Waals surface area contributed by atoms with Gasteiger partial charge in [0.1, 0.15) is 18.3 Å². The number of hydrogen-bond donors (Lipinski definition) is 3. The zero-order valence-electron chi connectivity index (χ0n) is 34.9. The molecule has 4 saturated carbocycles. The smallest absolute Gasteiger partial charge is 0.306 e. The third-order valence-electron chi connectivity index (χ3n) is 14.6. The first-order chi connectivity index (χ1) is 26.4. The molecule has 11 atom stereocenters. The fourth-order valence-corrected chi connectivity index (χ4v) is 11.6. The number of carbonyl (C=O) groups is 4. The fraction of sp³-hybridized carbons (Fsp3) is 0.909. The predicted molar refractivity (Wildman–Crippen MR) is 213 cm³/mol. The Hall–Kier alpha value is -2.24. The molecular formula is C44H77N3O8. The summed E-state index contributed by atoms with van der Waals surface area (Å²) in [5.74, 6) is 0.288. The summed E-state index contributed by atoms with van der Waals surface area (Å²) in [6.45, 7) is 10.9. The van der Waals surface area contributed by atoms with Crippen LogP contribution < -0.4 is 17.2 Å². The molecule has 316 valence electrons. The van der Waals surface area contributed by atoms with Gasteiger partial charge in [0, 0.05) is 37.0 Å². The van der Waals surface area contributed by atoms with E-state index in [1.54, 1.807) is 0 Å². The third kappa shape index (κ3) is 11.7. The quantitative estimate of drug-likeness (QED) is 0.0545. The predicted octanol–water partition coefficient (Wildman–Crippen LogP) is 7.14. The summed E-state index contributed by atoms with van der Waals surface area (Å²) in [5, 5.41) is 0. The maximum Gasteiger partial charge on any atom is 0.306 e. The fourth-order valence-electron chi connectivity index (χ4n) is 11.6. The molecule has 0 bridgehead atoms. The summed E-state index contributed by atoms with van der Waals surface area (Å²) in [5.41, 5.74) is 16.8. The van der Waals surface area contributed by atoms with Crippen molar-refractivity contribution in [1.82, 2.24) is 0 Å².